The molecule has 1 aromatic carbocycles. The minimum absolute atomic E-state index is 0.113. The van der Waals surface area contributed by atoms with Crippen LogP contribution in [-0.4, -0.2) is 41.8 Å². The fraction of sp³-hybridized carbons (Fsp3) is 0.500. The summed E-state index contributed by atoms with van der Waals surface area (Å²) in [6.07, 6.45) is -0.182. The summed E-state index contributed by atoms with van der Waals surface area (Å²) < 4.78 is 10.5. The summed E-state index contributed by atoms with van der Waals surface area (Å²) in [6.45, 7) is 6.40. The van der Waals surface area contributed by atoms with Crippen molar-refractivity contribution in [3.63, 3.8) is 0 Å². The molecule has 1 saturated heterocycles. The van der Waals surface area contributed by atoms with E-state index >= 15 is 0 Å². The Hall–Kier alpha value is -2.24. The van der Waals surface area contributed by atoms with Crippen LogP contribution >= 0.6 is 0 Å². The van der Waals surface area contributed by atoms with Gasteiger partial charge in [-0.15, -0.1) is 0 Å². The molecule has 120 valence electrons. The second kappa shape index (κ2) is 6.68. The highest BCUT2D eigenvalue weighted by atomic mass is 16.6. The zero-order valence-corrected chi connectivity index (χ0v) is 13.2. The lowest BCUT2D eigenvalue weighted by atomic mass is 10.2. The Labute approximate surface area is 130 Å². The number of nitrogens with one attached hydrogen (secondary N) is 1. The summed E-state index contributed by atoms with van der Waals surface area (Å²) in [5.74, 6) is 0.510. The van der Waals surface area contributed by atoms with E-state index < -0.39 is 17.8 Å². The molecule has 1 aliphatic heterocycles. The first-order valence-corrected chi connectivity index (χ1v) is 7.35. The number of ether oxygens (including phenoxy) is 2. The van der Waals surface area contributed by atoms with Gasteiger partial charge in [-0.3, -0.25) is 0 Å². The van der Waals surface area contributed by atoms with Crippen molar-refractivity contribution in [1.82, 2.24) is 10.2 Å². The van der Waals surface area contributed by atoms with Crippen LogP contribution < -0.4 is 10.1 Å². The molecule has 1 aliphatic rings. The highest BCUT2D eigenvalue weighted by Crippen LogP contribution is 2.15. The largest absolute Gasteiger partial charge is 0.444 e. The van der Waals surface area contributed by atoms with Gasteiger partial charge < -0.3 is 19.7 Å². The zero-order valence-electron chi connectivity index (χ0n) is 13.2. The fourth-order valence-corrected chi connectivity index (χ4v) is 2.17. The molecule has 6 nitrogen and oxygen atoms in total. The second-order valence-corrected chi connectivity index (χ2v) is 6.26. The number of hydrogen-bond acceptors (Lipinski definition) is 4. The van der Waals surface area contributed by atoms with Gasteiger partial charge in [-0.05, 0) is 39.3 Å². The number of hydrogen-bond donors (Lipinski definition) is 1. The Kier molecular flexibility index (Phi) is 4.90. The Balaban J connectivity index is 1.80. The van der Waals surface area contributed by atoms with Gasteiger partial charge in [-0.25, -0.2) is 9.59 Å². The van der Waals surface area contributed by atoms with Crippen LogP contribution in [-0.2, 0) is 4.74 Å². The van der Waals surface area contributed by atoms with Crippen LogP contribution in [0, 0.1) is 0 Å². The van der Waals surface area contributed by atoms with Gasteiger partial charge in [0.2, 0.25) is 0 Å². The van der Waals surface area contributed by atoms with Crippen LogP contribution in [0.15, 0.2) is 30.3 Å². The molecule has 1 aromatic rings. The van der Waals surface area contributed by atoms with E-state index in [1.165, 1.54) is 0 Å². The number of nitrogens with zero attached hydrogens (tertiary/aromatic N) is 1. The summed E-state index contributed by atoms with van der Waals surface area (Å²) in [7, 11) is 0. The van der Waals surface area contributed by atoms with Gasteiger partial charge in [0.1, 0.15) is 11.4 Å². The summed E-state index contributed by atoms with van der Waals surface area (Å²) >= 11 is 0. The molecule has 0 aromatic heterocycles. The number of alkyl carbamates (subject to hydrolysis) is 1. The van der Waals surface area contributed by atoms with Crippen molar-refractivity contribution >= 4 is 12.2 Å². The van der Waals surface area contributed by atoms with Gasteiger partial charge in [-0.1, -0.05) is 18.2 Å². The Morgan fingerprint density at radius 2 is 1.91 bits per heavy atom. The van der Waals surface area contributed by atoms with Crippen LogP contribution in [0.4, 0.5) is 9.59 Å². The lowest BCUT2D eigenvalue weighted by Crippen LogP contribution is -2.41. The van der Waals surface area contributed by atoms with Crippen molar-refractivity contribution in [2.24, 2.45) is 0 Å². The molecule has 22 heavy (non-hydrogen) atoms. The van der Waals surface area contributed by atoms with Crippen LogP contribution in [0.1, 0.15) is 27.2 Å². The van der Waals surface area contributed by atoms with Crippen molar-refractivity contribution in [3.8, 4) is 5.75 Å². The minimum atomic E-state index is -0.533. The van der Waals surface area contributed by atoms with Gasteiger partial charge in [0.15, 0.2) is 0 Å². The lowest BCUT2D eigenvalue weighted by molar-refractivity contribution is 0.0505. The van der Waals surface area contributed by atoms with Crippen LogP contribution in [0.5, 0.6) is 5.75 Å². The molecular formula is C16H22N2O4. The molecule has 1 heterocycles. The number of carbonyl (C=O) groups excluding carboxylic acids is 2. The smallest absolute Gasteiger partial charge is 0.415 e. The van der Waals surface area contributed by atoms with Crippen molar-refractivity contribution in [2.75, 3.05) is 13.1 Å². The Morgan fingerprint density at radius 3 is 2.55 bits per heavy atom. The van der Waals surface area contributed by atoms with Crippen molar-refractivity contribution < 1.29 is 19.1 Å². The van der Waals surface area contributed by atoms with E-state index in [0.29, 0.717) is 25.3 Å². The summed E-state index contributed by atoms with van der Waals surface area (Å²) in [5, 5.41) is 2.77. The number of likely N-dealkylation sites (tertiary alicyclic amines) is 1. The first kappa shape index (κ1) is 16.1. The van der Waals surface area contributed by atoms with Crippen LogP contribution in [0.3, 0.4) is 0 Å². The van der Waals surface area contributed by atoms with Crippen LogP contribution in [0.2, 0.25) is 0 Å². The molecular weight excluding hydrogens is 284 g/mol. The summed E-state index contributed by atoms with van der Waals surface area (Å²) in [4.78, 5) is 25.3. The number of carbonyl (C=O) groups is 2. The third-order valence-electron chi connectivity index (χ3n) is 3.12. The second-order valence-electron chi connectivity index (χ2n) is 6.26. The highest BCUT2D eigenvalue weighted by Gasteiger charge is 2.29. The maximum atomic E-state index is 12.0. The molecule has 0 radical (unpaired) electrons. The van der Waals surface area contributed by atoms with E-state index in [2.05, 4.69) is 5.32 Å². The molecule has 1 atom stereocenters. The predicted molar refractivity (Wildman–Crippen MR) is 81.8 cm³/mol. The van der Waals surface area contributed by atoms with Crippen molar-refractivity contribution in [2.45, 2.75) is 38.8 Å². The topological polar surface area (TPSA) is 67.9 Å². The zero-order chi connectivity index (χ0) is 16.2. The van der Waals surface area contributed by atoms with E-state index in [0.717, 1.165) is 0 Å². The molecule has 2 amide bonds. The SMILES string of the molecule is CC(C)(C)OC(=O)NC1CCN(C(=O)Oc2ccccc2)C1. The standard InChI is InChI=1S/C16H22N2O4/c1-16(2,3)22-14(19)17-12-9-10-18(11-12)15(20)21-13-7-5-4-6-8-13/h4-8,12H,9-11H2,1-3H3,(H,17,19). The Bertz CT molecular complexity index is 525. The summed E-state index contributed by atoms with van der Waals surface area (Å²) in [6, 6.07) is 8.81. The Morgan fingerprint density at radius 1 is 1.23 bits per heavy atom. The van der Waals surface area contributed by atoms with Crippen LogP contribution in [0.25, 0.3) is 0 Å². The van der Waals surface area contributed by atoms with Gasteiger partial charge in [-0.2, -0.15) is 0 Å². The maximum Gasteiger partial charge on any atom is 0.415 e. The first-order valence-electron chi connectivity index (χ1n) is 7.35. The third-order valence-corrected chi connectivity index (χ3v) is 3.12. The maximum absolute atomic E-state index is 12.0. The van der Waals surface area contributed by atoms with E-state index in [4.69, 9.17) is 9.47 Å². The van der Waals surface area contributed by atoms with Gasteiger partial charge in [0.25, 0.3) is 0 Å². The molecule has 0 bridgehead atoms. The number of amides is 2. The van der Waals surface area contributed by atoms with Gasteiger partial charge in [0.05, 0.1) is 6.04 Å². The average Bonchev–Trinajstić information content (AvgIpc) is 2.86. The molecule has 0 aliphatic carbocycles. The minimum Gasteiger partial charge on any atom is -0.444 e. The van der Waals surface area contributed by atoms with E-state index in [1.54, 1.807) is 29.2 Å². The lowest BCUT2D eigenvalue weighted by Gasteiger charge is -2.22. The van der Waals surface area contributed by atoms with E-state index in [1.807, 2.05) is 26.8 Å². The average molecular weight is 306 g/mol. The molecule has 0 saturated carbocycles. The first-order chi connectivity index (χ1) is 10.3. The summed E-state index contributed by atoms with van der Waals surface area (Å²) in [5.41, 5.74) is -0.533. The number of benzene rings is 1. The third kappa shape index (κ3) is 4.95. The molecule has 0 spiro atoms. The highest BCUT2D eigenvalue weighted by molar-refractivity contribution is 5.72. The van der Waals surface area contributed by atoms with Crippen molar-refractivity contribution in [1.29, 1.82) is 0 Å². The molecule has 1 N–H and O–H groups in total. The van der Waals surface area contributed by atoms with Crippen molar-refractivity contribution in [3.05, 3.63) is 30.3 Å². The van der Waals surface area contributed by atoms with E-state index in [-0.39, 0.29) is 6.04 Å². The predicted octanol–water partition coefficient (Wildman–Crippen LogP) is 2.78. The quantitative estimate of drug-likeness (QED) is 0.912. The van der Waals surface area contributed by atoms with Gasteiger partial charge in [0, 0.05) is 13.1 Å². The molecule has 1 unspecified atom stereocenters. The van der Waals surface area contributed by atoms with E-state index in [9.17, 15) is 9.59 Å². The van der Waals surface area contributed by atoms with Gasteiger partial charge >= 0.3 is 12.2 Å². The number of rotatable bonds is 2. The molecule has 1 fully saturated rings. The monoisotopic (exact) mass is 306 g/mol. The molecule has 2 rings (SSSR count). The normalized spacial score (nSPS) is 18.0. The fourth-order valence-electron chi connectivity index (χ4n) is 2.17. The number of para-hydroxylation sites is 1. The molecule has 6 heteroatoms.